The van der Waals surface area contributed by atoms with Crippen LogP contribution in [-0.4, -0.2) is 42.5 Å². The van der Waals surface area contributed by atoms with Gasteiger partial charge in [0, 0.05) is 5.97 Å². The summed E-state index contributed by atoms with van der Waals surface area (Å²) in [5, 5.41) is 27.7. The fraction of sp³-hybridized carbons (Fsp3) is 0.875. The summed E-state index contributed by atoms with van der Waals surface area (Å²) in [7, 11) is 0. The van der Waals surface area contributed by atoms with E-state index in [1.807, 2.05) is 5.32 Å². The number of hydrogen-bond acceptors (Lipinski definition) is 4. The van der Waals surface area contributed by atoms with Crippen molar-refractivity contribution in [3.8, 4) is 0 Å². The fourth-order valence-electron chi connectivity index (χ4n) is 0.531. The molecule has 0 fully saturated rings. The van der Waals surface area contributed by atoms with Gasteiger partial charge in [0.15, 0.2) is 0 Å². The molecule has 0 saturated heterocycles. The molecule has 80 valence electrons. The Morgan fingerprint density at radius 2 is 1.77 bits per heavy atom. The maximum atomic E-state index is 9.49. The van der Waals surface area contributed by atoms with Gasteiger partial charge in [-0.25, -0.2) is 0 Å². The van der Waals surface area contributed by atoms with Gasteiger partial charge in [0.1, 0.15) is 0 Å². The van der Waals surface area contributed by atoms with Crippen LogP contribution in [-0.2, 0) is 4.79 Å². The van der Waals surface area contributed by atoms with Crippen molar-refractivity contribution in [2.45, 2.75) is 19.8 Å². The molecule has 5 heteroatoms. The van der Waals surface area contributed by atoms with Gasteiger partial charge in [-0.1, -0.05) is 13.3 Å². The molecule has 0 atom stereocenters. The van der Waals surface area contributed by atoms with Crippen LogP contribution in [0.1, 0.15) is 19.8 Å². The predicted octanol–water partition coefficient (Wildman–Crippen LogP) is -2.93. The third-order valence-corrected chi connectivity index (χ3v) is 1.12. The number of aliphatic hydroxyl groups is 2. The Morgan fingerprint density at radius 1 is 1.31 bits per heavy atom. The molecule has 0 rings (SSSR count). The number of carbonyl (C=O) groups is 1. The molecule has 0 heterocycles. The minimum Gasteiger partial charge on any atom is -0.550 e. The standard InChI is InChI=1S/C4H11NO2.C4H8O2/c6-3-1-5-2-4-7;1-2-3-4(5)6/h5-7H,1-4H2;2-3H2,1H3,(H,5,6). The molecule has 0 aliphatic heterocycles. The Kier molecular flexibility index (Phi) is 15.9. The van der Waals surface area contributed by atoms with E-state index in [0.717, 1.165) is 0 Å². The number of rotatable bonds is 6. The molecule has 0 amide bonds. The lowest BCUT2D eigenvalue weighted by atomic mass is 10.4. The number of aliphatic hydroxyl groups excluding tert-OH is 2. The van der Waals surface area contributed by atoms with E-state index in [4.69, 9.17) is 10.2 Å². The zero-order valence-corrected chi connectivity index (χ0v) is 8.03. The highest BCUT2D eigenvalue weighted by atomic mass is 16.4. The summed E-state index contributed by atoms with van der Waals surface area (Å²) < 4.78 is 0. The SMILES string of the molecule is CCCC(=O)[O-].OCC[NH2+]CCO. The first-order valence-corrected chi connectivity index (χ1v) is 4.42. The molecule has 0 aromatic rings. The van der Waals surface area contributed by atoms with Crippen LogP contribution in [0.25, 0.3) is 0 Å². The van der Waals surface area contributed by atoms with Crippen molar-refractivity contribution in [1.82, 2.24) is 0 Å². The van der Waals surface area contributed by atoms with Gasteiger partial charge in [-0.15, -0.1) is 0 Å². The summed E-state index contributed by atoms with van der Waals surface area (Å²) in [5.74, 6) is -0.961. The third kappa shape index (κ3) is 24.6. The second-order valence-corrected chi connectivity index (χ2v) is 2.44. The van der Waals surface area contributed by atoms with Gasteiger partial charge in [0.25, 0.3) is 0 Å². The third-order valence-electron chi connectivity index (χ3n) is 1.12. The largest absolute Gasteiger partial charge is 0.550 e. The quantitative estimate of drug-likeness (QED) is 0.393. The molecule has 0 saturated carbocycles. The summed E-state index contributed by atoms with van der Waals surface area (Å²) >= 11 is 0. The van der Waals surface area contributed by atoms with Gasteiger partial charge >= 0.3 is 0 Å². The van der Waals surface area contributed by atoms with Crippen LogP contribution in [0.15, 0.2) is 0 Å². The number of quaternary nitrogens is 1. The van der Waals surface area contributed by atoms with Gasteiger partial charge < -0.3 is 25.4 Å². The Bertz CT molecular complexity index is 104. The summed E-state index contributed by atoms with van der Waals surface area (Å²) in [6.45, 7) is 3.58. The van der Waals surface area contributed by atoms with E-state index in [9.17, 15) is 9.90 Å². The maximum Gasteiger partial charge on any atom is 0.0991 e. The Morgan fingerprint density at radius 3 is 1.92 bits per heavy atom. The number of carboxylic acids is 1. The lowest BCUT2D eigenvalue weighted by Gasteiger charge is -1.92. The summed E-state index contributed by atoms with van der Waals surface area (Å²) in [5.41, 5.74) is 0. The molecule has 0 aliphatic carbocycles. The molecule has 0 radical (unpaired) electrons. The average molecular weight is 193 g/mol. The smallest absolute Gasteiger partial charge is 0.0991 e. The van der Waals surface area contributed by atoms with E-state index in [1.165, 1.54) is 0 Å². The topological polar surface area (TPSA) is 97.2 Å². The number of carboxylic acid groups (broad SMARTS) is 1. The predicted molar refractivity (Wildman–Crippen MR) is 45.7 cm³/mol. The Labute approximate surface area is 78.4 Å². The second-order valence-electron chi connectivity index (χ2n) is 2.44. The zero-order valence-electron chi connectivity index (χ0n) is 8.03. The van der Waals surface area contributed by atoms with Crippen molar-refractivity contribution in [2.75, 3.05) is 26.3 Å². The highest BCUT2D eigenvalue weighted by molar-refractivity contribution is 5.63. The lowest BCUT2D eigenvalue weighted by molar-refractivity contribution is -0.657. The van der Waals surface area contributed by atoms with Crippen molar-refractivity contribution in [3.63, 3.8) is 0 Å². The number of aliphatic carboxylic acids is 1. The first-order valence-electron chi connectivity index (χ1n) is 4.42. The van der Waals surface area contributed by atoms with Gasteiger partial charge in [0.05, 0.1) is 26.3 Å². The monoisotopic (exact) mass is 193 g/mol. The van der Waals surface area contributed by atoms with Crippen molar-refractivity contribution >= 4 is 5.97 Å². The molecular formula is C8H19NO4. The van der Waals surface area contributed by atoms with E-state index < -0.39 is 5.97 Å². The van der Waals surface area contributed by atoms with Crippen LogP contribution >= 0.6 is 0 Å². The van der Waals surface area contributed by atoms with E-state index in [2.05, 4.69) is 0 Å². The van der Waals surface area contributed by atoms with Gasteiger partial charge in [-0.2, -0.15) is 0 Å². The molecule has 0 spiro atoms. The molecular weight excluding hydrogens is 174 g/mol. The van der Waals surface area contributed by atoms with Gasteiger partial charge in [-0.05, 0) is 6.42 Å². The van der Waals surface area contributed by atoms with E-state index >= 15 is 0 Å². The Hall–Kier alpha value is -0.650. The van der Waals surface area contributed by atoms with Gasteiger partial charge in [0.2, 0.25) is 0 Å². The van der Waals surface area contributed by atoms with Crippen molar-refractivity contribution in [2.24, 2.45) is 0 Å². The number of carbonyl (C=O) groups excluding carboxylic acids is 1. The fourth-order valence-corrected chi connectivity index (χ4v) is 0.531. The van der Waals surface area contributed by atoms with E-state index in [1.54, 1.807) is 6.92 Å². The molecule has 0 aromatic carbocycles. The number of hydrogen-bond donors (Lipinski definition) is 3. The van der Waals surface area contributed by atoms with Gasteiger partial charge in [-0.3, -0.25) is 0 Å². The van der Waals surface area contributed by atoms with Crippen molar-refractivity contribution < 1.29 is 25.4 Å². The van der Waals surface area contributed by atoms with Crippen LogP contribution in [0.4, 0.5) is 0 Å². The second kappa shape index (κ2) is 13.9. The summed E-state index contributed by atoms with van der Waals surface area (Å²) in [6, 6.07) is 0. The summed E-state index contributed by atoms with van der Waals surface area (Å²) in [6.07, 6.45) is 0.850. The molecule has 0 aromatic heterocycles. The highest BCUT2D eigenvalue weighted by Crippen LogP contribution is 1.79. The summed E-state index contributed by atoms with van der Waals surface area (Å²) in [4.78, 5) is 9.49. The average Bonchev–Trinajstić information content (AvgIpc) is 2.06. The van der Waals surface area contributed by atoms with Crippen LogP contribution < -0.4 is 10.4 Å². The number of nitrogens with two attached hydrogens (primary N) is 1. The first-order chi connectivity index (χ1) is 6.18. The molecule has 0 bridgehead atoms. The lowest BCUT2D eigenvalue weighted by Crippen LogP contribution is -2.85. The normalized spacial score (nSPS) is 8.85. The molecule has 0 aliphatic rings. The van der Waals surface area contributed by atoms with E-state index in [0.29, 0.717) is 19.5 Å². The van der Waals surface area contributed by atoms with Crippen LogP contribution in [0, 0.1) is 0 Å². The van der Waals surface area contributed by atoms with E-state index in [-0.39, 0.29) is 19.6 Å². The minimum atomic E-state index is -0.961. The maximum absolute atomic E-state index is 9.49. The van der Waals surface area contributed by atoms with Crippen LogP contribution in [0.2, 0.25) is 0 Å². The van der Waals surface area contributed by atoms with Crippen LogP contribution in [0.5, 0.6) is 0 Å². The highest BCUT2D eigenvalue weighted by Gasteiger charge is 1.82. The zero-order chi connectivity index (χ0) is 10.5. The minimum absolute atomic E-state index is 0.181. The first kappa shape index (κ1) is 14.9. The molecule has 13 heavy (non-hydrogen) atoms. The van der Waals surface area contributed by atoms with Crippen molar-refractivity contribution in [1.29, 1.82) is 0 Å². The van der Waals surface area contributed by atoms with Crippen molar-refractivity contribution in [3.05, 3.63) is 0 Å². The molecule has 0 unspecified atom stereocenters. The molecule has 4 N–H and O–H groups in total. The Balaban J connectivity index is 0. The van der Waals surface area contributed by atoms with Crippen LogP contribution in [0.3, 0.4) is 0 Å². The molecule has 5 nitrogen and oxygen atoms in total.